The Kier molecular flexibility index (Phi) is 9.96. The van der Waals surface area contributed by atoms with Gasteiger partial charge in [0.2, 0.25) is 0 Å². The standard InChI is InChI=1S/C35H51N5/c1-5-7-8-9-11-29-21-32(23-34(22-29)40-27(4)20-26(3)38-40)30(6-2)25-39-19-17-28(24-39)13-15-33-16-14-31-12-10-18-36-35(31)37-33/h14,16,20-23,28,30H,5-13,15,17-19,24-25H2,1-4H3,(H,36,37). The molecule has 2 unspecified atom stereocenters. The van der Waals surface area contributed by atoms with Crippen LogP contribution in [0.4, 0.5) is 5.82 Å². The molecule has 0 radical (unpaired) electrons. The third-order valence-electron chi connectivity index (χ3n) is 9.15. The molecule has 2 aromatic heterocycles. The molecule has 0 spiro atoms. The Morgan fingerprint density at radius 3 is 2.73 bits per heavy atom. The lowest BCUT2D eigenvalue weighted by Gasteiger charge is -2.25. The van der Waals surface area contributed by atoms with Gasteiger partial charge in [-0.15, -0.1) is 0 Å². The van der Waals surface area contributed by atoms with E-state index in [0.29, 0.717) is 5.92 Å². The van der Waals surface area contributed by atoms with E-state index in [1.54, 1.807) is 0 Å². The maximum Gasteiger partial charge on any atom is 0.129 e. The van der Waals surface area contributed by atoms with E-state index in [-0.39, 0.29) is 0 Å². The van der Waals surface area contributed by atoms with Crippen LogP contribution in [0.15, 0.2) is 36.4 Å². The molecule has 40 heavy (non-hydrogen) atoms. The Morgan fingerprint density at radius 1 is 1.02 bits per heavy atom. The van der Waals surface area contributed by atoms with Gasteiger partial charge in [0, 0.05) is 31.0 Å². The van der Waals surface area contributed by atoms with Crippen LogP contribution in [-0.4, -0.2) is 45.8 Å². The first-order valence-electron chi connectivity index (χ1n) is 16.1. The van der Waals surface area contributed by atoms with Gasteiger partial charge in [0.1, 0.15) is 5.82 Å². The van der Waals surface area contributed by atoms with Crippen molar-refractivity contribution in [1.29, 1.82) is 0 Å². The highest BCUT2D eigenvalue weighted by molar-refractivity contribution is 5.47. The molecule has 0 amide bonds. The molecule has 2 aliphatic rings. The minimum atomic E-state index is 0.554. The van der Waals surface area contributed by atoms with E-state index in [2.05, 4.69) is 79.0 Å². The van der Waals surface area contributed by atoms with Gasteiger partial charge in [0.15, 0.2) is 0 Å². The highest BCUT2D eigenvalue weighted by Crippen LogP contribution is 2.30. The fourth-order valence-corrected chi connectivity index (χ4v) is 6.80. The highest BCUT2D eigenvalue weighted by Gasteiger charge is 2.25. The van der Waals surface area contributed by atoms with E-state index < -0.39 is 0 Å². The molecule has 1 saturated heterocycles. The summed E-state index contributed by atoms with van der Waals surface area (Å²) in [5.41, 5.74) is 9.14. The molecule has 0 bridgehead atoms. The molecule has 5 nitrogen and oxygen atoms in total. The topological polar surface area (TPSA) is 46.0 Å². The first-order chi connectivity index (χ1) is 19.5. The fraction of sp³-hybridized carbons (Fsp3) is 0.600. The molecule has 4 heterocycles. The van der Waals surface area contributed by atoms with E-state index in [1.807, 2.05) is 0 Å². The van der Waals surface area contributed by atoms with Gasteiger partial charge in [-0.05, 0) is 125 Å². The van der Waals surface area contributed by atoms with Crippen LogP contribution in [0.1, 0.15) is 105 Å². The van der Waals surface area contributed by atoms with Gasteiger partial charge in [-0.25, -0.2) is 9.67 Å². The van der Waals surface area contributed by atoms with Crippen LogP contribution < -0.4 is 5.32 Å². The monoisotopic (exact) mass is 541 g/mol. The maximum absolute atomic E-state index is 4.94. The van der Waals surface area contributed by atoms with E-state index in [0.717, 1.165) is 49.8 Å². The molecule has 2 aliphatic heterocycles. The molecule has 2 atom stereocenters. The van der Waals surface area contributed by atoms with E-state index in [1.165, 1.54) is 98.2 Å². The molecule has 216 valence electrons. The average Bonchev–Trinajstić information content (AvgIpc) is 3.57. The largest absolute Gasteiger partial charge is 0.370 e. The lowest BCUT2D eigenvalue weighted by molar-refractivity contribution is 0.296. The van der Waals surface area contributed by atoms with E-state index in [9.17, 15) is 0 Å². The highest BCUT2D eigenvalue weighted by atomic mass is 15.3. The zero-order valence-electron chi connectivity index (χ0n) is 25.5. The Bertz CT molecular complexity index is 1240. The first-order valence-corrected chi connectivity index (χ1v) is 16.1. The predicted molar refractivity (Wildman–Crippen MR) is 168 cm³/mol. The van der Waals surface area contributed by atoms with Crippen LogP contribution in [0.5, 0.6) is 0 Å². The molecular formula is C35H51N5. The second kappa shape index (κ2) is 13.8. The summed E-state index contributed by atoms with van der Waals surface area (Å²) >= 11 is 0. The van der Waals surface area contributed by atoms with Crippen molar-refractivity contribution >= 4 is 5.82 Å². The van der Waals surface area contributed by atoms with Gasteiger partial charge >= 0.3 is 0 Å². The first kappa shape index (κ1) is 28.9. The second-order valence-corrected chi connectivity index (χ2v) is 12.5. The molecule has 5 heteroatoms. The molecule has 0 aliphatic carbocycles. The molecule has 1 N–H and O–H groups in total. The van der Waals surface area contributed by atoms with Crippen molar-refractivity contribution in [2.45, 2.75) is 104 Å². The van der Waals surface area contributed by atoms with Crippen LogP contribution in [0, 0.1) is 19.8 Å². The van der Waals surface area contributed by atoms with Gasteiger partial charge < -0.3 is 10.2 Å². The van der Waals surface area contributed by atoms with Crippen molar-refractivity contribution in [2.75, 3.05) is 31.5 Å². The Hall–Kier alpha value is -2.66. The number of pyridine rings is 1. The van der Waals surface area contributed by atoms with Gasteiger partial charge in [-0.2, -0.15) is 5.10 Å². The molecule has 5 rings (SSSR count). The van der Waals surface area contributed by atoms with Crippen LogP contribution in [0.25, 0.3) is 5.69 Å². The summed E-state index contributed by atoms with van der Waals surface area (Å²) in [6.45, 7) is 13.6. The number of unbranched alkanes of at least 4 members (excludes halogenated alkanes) is 3. The van der Waals surface area contributed by atoms with Crippen molar-refractivity contribution in [3.05, 3.63) is 70.2 Å². The molecular weight excluding hydrogens is 490 g/mol. The van der Waals surface area contributed by atoms with Crippen molar-refractivity contribution < 1.29 is 0 Å². The van der Waals surface area contributed by atoms with Gasteiger partial charge in [0.05, 0.1) is 11.4 Å². The number of likely N-dealkylation sites (tertiary alicyclic amines) is 1. The number of hydrogen-bond donors (Lipinski definition) is 1. The summed E-state index contributed by atoms with van der Waals surface area (Å²) in [4.78, 5) is 7.68. The lowest BCUT2D eigenvalue weighted by atomic mass is 9.92. The van der Waals surface area contributed by atoms with Crippen molar-refractivity contribution in [3.63, 3.8) is 0 Å². The summed E-state index contributed by atoms with van der Waals surface area (Å²) in [6, 6.07) is 14.1. The molecule has 1 fully saturated rings. The Morgan fingerprint density at radius 2 is 1.93 bits per heavy atom. The minimum absolute atomic E-state index is 0.554. The van der Waals surface area contributed by atoms with E-state index >= 15 is 0 Å². The van der Waals surface area contributed by atoms with Crippen LogP contribution in [0.3, 0.4) is 0 Å². The van der Waals surface area contributed by atoms with Crippen LogP contribution >= 0.6 is 0 Å². The number of nitrogens with one attached hydrogen (secondary N) is 1. The minimum Gasteiger partial charge on any atom is -0.370 e. The van der Waals surface area contributed by atoms with Crippen LogP contribution in [-0.2, 0) is 19.3 Å². The van der Waals surface area contributed by atoms with Crippen molar-refractivity contribution in [3.8, 4) is 5.69 Å². The second-order valence-electron chi connectivity index (χ2n) is 12.5. The summed E-state index contributed by atoms with van der Waals surface area (Å²) in [7, 11) is 0. The van der Waals surface area contributed by atoms with E-state index in [4.69, 9.17) is 10.1 Å². The lowest BCUT2D eigenvalue weighted by Crippen LogP contribution is -2.26. The number of rotatable bonds is 13. The number of hydrogen-bond acceptors (Lipinski definition) is 4. The number of nitrogens with zero attached hydrogens (tertiary/aromatic N) is 4. The third kappa shape index (κ3) is 7.34. The van der Waals surface area contributed by atoms with Crippen LogP contribution in [0.2, 0.25) is 0 Å². The molecule has 3 aromatic rings. The number of aromatic nitrogens is 3. The Balaban J connectivity index is 1.23. The quantitative estimate of drug-likeness (QED) is 0.224. The van der Waals surface area contributed by atoms with Gasteiger partial charge in [-0.3, -0.25) is 0 Å². The van der Waals surface area contributed by atoms with Gasteiger partial charge in [0.25, 0.3) is 0 Å². The van der Waals surface area contributed by atoms with Crippen molar-refractivity contribution in [1.82, 2.24) is 19.7 Å². The summed E-state index contributed by atoms with van der Waals surface area (Å²) in [6.07, 6.45) is 13.6. The number of aryl methyl sites for hydroxylation is 5. The smallest absolute Gasteiger partial charge is 0.129 e. The maximum atomic E-state index is 4.94. The summed E-state index contributed by atoms with van der Waals surface area (Å²) < 4.78 is 2.15. The summed E-state index contributed by atoms with van der Waals surface area (Å²) in [5, 5.41) is 8.33. The average molecular weight is 542 g/mol. The predicted octanol–water partition coefficient (Wildman–Crippen LogP) is 7.81. The molecule has 0 saturated carbocycles. The number of fused-ring (bicyclic) bond motifs is 1. The Labute approximate surface area is 242 Å². The number of benzene rings is 1. The zero-order chi connectivity index (χ0) is 27.9. The number of anilines is 1. The van der Waals surface area contributed by atoms with Gasteiger partial charge in [-0.1, -0.05) is 45.2 Å². The SMILES string of the molecule is CCCCCCc1cc(C(CC)CN2CCC(CCc3ccc4c(n3)NCCC4)C2)cc(-n2nc(C)cc2C)c1. The fourth-order valence-electron chi connectivity index (χ4n) is 6.80. The summed E-state index contributed by atoms with van der Waals surface area (Å²) in [5.74, 6) is 2.46. The van der Waals surface area contributed by atoms with Crippen molar-refractivity contribution in [2.24, 2.45) is 5.92 Å². The zero-order valence-corrected chi connectivity index (χ0v) is 25.5. The normalized spacial score (nSPS) is 18.1. The molecule has 1 aromatic carbocycles. The third-order valence-corrected chi connectivity index (χ3v) is 9.15.